The molecule has 5 nitrogen and oxygen atoms in total. The molecule has 1 aromatic rings. The average molecular weight is 508 g/mol. The molecule has 0 radical (unpaired) electrons. The van der Waals surface area contributed by atoms with E-state index in [0.29, 0.717) is 24.4 Å². The van der Waals surface area contributed by atoms with E-state index >= 15 is 0 Å². The van der Waals surface area contributed by atoms with Gasteiger partial charge in [-0.2, -0.15) is 0 Å². The molecule has 6 rings (SSSR count). The molecule has 5 aliphatic rings. The fourth-order valence-electron chi connectivity index (χ4n) is 8.67. The van der Waals surface area contributed by atoms with Crippen LogP contribution in [0.3, 0.4) is 0 Å². The van der Waals surface area contributed by atoms with Crippen molar-refractivity contribution in [1.29, 1.82) is 0 Å². The minimum Gasteiger partial charge on any atom is -0.492 e. The summed E-state index contributed by atoms with van der Waals surface area (Å²) in [6, 6.07) is 8.35. The van der Waals surface area contributed by atoms with Gasteiger partial charge in [0.2, 0.25) is 0 Å². The third-order valence-electron chi connectivity index (χ3n) is 10.9. The number of aliphatic hydroxyl groups excluding tert-OH is 2. The molecule has 0 spiro atoms. The first-order chi connectivity index (χ1) is 17.9. The summed E-state index contributed by atoms with van der Waals surface area (Å²) in [7, 11) is 0. The second kappa shape index (κ2) is 10.1. The van der Waals surface area contributed by atoms with Crippen molar-refractivity contribution in [3.8, 4) is 5.75 Å². The van der Waals surface area contributed by atoms with Gasteiger partial charge in [-0.15, -0.1) is 0 Å². The number of nitrogens with zero attached hydrogens (tertiary/aromatic N) is 1. The highest BCUT2D eigenvalue weighted by Gasteiger charge is 2.59. The largest absolute Gasteiger partial charge is 0.492 e. The Balaban J connectivity index is 1.16. The maximum Gasteiger partial charge on any atom is 0.119 e. The summed E-state index contributed by atoms with van der Waals surface area (Å²) in [5.41, 5.74) is 4.01. The van der Waals surface area contributed by atoms with E-state index in [1.54, 1.807) is 0 Å². The van der Waals surface area contributed by atoms with Gasteiger partial charge >= 0.3 is 0 Å². The standard InChI is InChI=1S/C32H45NO4/c1-31-10-8-25(34)21-24(31)6-7-27-28(31)9-11-32(2)29(27)20-23(30(32)35)18-22-4-3-5-26(19-22)37-17-14-33-12-15-36-16-13-33/h3-6,18-19,25,27-30,34-35H,7-17,20-21H2,1-2H3/b23-18+/t25-,27+,28-,29-,30-,31-,32-/m0/s1. The number of hydrogen-bond acceptors (Lipinski definition) is 5. The number of allylic oxidation sites excluding steroid dienone is 1. The van der Waals surface area contributed by atoms with E-state index in [0.717, 1.165) is 82.7 Å². The molecule has 1 aromatic carbocycles. The van der Waals surface area contributed by atoms with Crippen LogP contribution < -0.4 is 4.74 Å². The van der Waals surface area contributed by atoms with E-state index in [4.69, 9.17) is 9.47 Å². The number of hydrogen-bond donors (Lipinski definition) is 2. The summed E-state index contributed by atoms with van der Waals surface area (Å²) in [6.45, 7) is 10.00. The molecule has 1 heterocycles. The van der Waals surface area contributed by atoms with E-state index in [-0.39, 0.29) is 23.0 Å². The summed E-state index contributed by atoms with van der Waals surface area (Å²) < 4.78 is 11.5. The topological polar surface area (TPSA) is 62.2 Å². The van der Waals surface area contributed by atoms with Gasteiger partial charge in [0.15, 0.2) is 0 Å². The third-order valence-corrected chi connectivity index (χ3v) is 10.9. The smallest absolute Gasteiger partial charge is 0.119 e. The first-order valence-corrected chi connectivity index (χ1v) is 14.7. The van der Waals surface area contributed by atoms with Crippen molar-refractivity contribution in [1.82, 2.24) is 4.90 Å². The second-order valence-corrected chi connectivity index (χ2v) is 12.9. The van der Waals surface area contributed by atoms with Gasteiger partial charge in [-0.05, 0) is 91.4 Å². The van der Waals surface area contributed by atoms with Crippen LogP contribution in [0, 0.1) is 28.6 Å². The van der Waals surface area contributed by atoms with Crippen LogP contribution >= 0.6 is 0 Å². The lowest BCUT2D eigenvalue weighted by Crippen LogP contribution is -2.51. The zero-order valence-corrected chi connectivity index (χ0v) is 22.7. The summed E-state index contributed by atoms with van der Waals surface area (Å²) in [4.78, 5) is 2.39. The highest BCUT2D eigenvalue weighted by molar-refractivity contribution is 5.57. The molecule has 4 aliphatic carbocycles. The molecule has 1 aliphatic heterocycles. The predicted octanol–water partition coefficient (Wildman–Crippen LogP) is 5.08. The number of aliphatic hydroxyl groups is 2. The second-order valence-electron chi connectivity index (χ2n) is 12.9. The van der Waals surface area contributed by atoms with Crippen LogP contribution in [-0.4, -0.2) is 66.8 Å². The Hall–Kier alpha value is -1.66. The lowest BCUT2D eigenvalue weighted by Gasteiger charge is -2.57. The quantitative estimate of drug-likeness (QED) is 0.545. The van der Waals surface area contributed by atoms with Gasteiger partial charge in [0.1, 0.15) is 12.4 Å². The van der Waals surface area contributed by atoms with Crippen molar-refractivity contribution < 1.29 is 19.7 Å². The molecule has 0 aromatic heterocycles. The molecule has 3 saturated carbocycles. The van der Waals surface area contributed by atoms with E-state index in [9.17, 15) is 10.2 Å². The highest BCUT2D eigenvalue weighted by Crippen LogP contribution is 2.65. The van der Waals surface area contributed by atoms with Crippen molar-refractivity contribution in [3.05, 3.63) is 47.1 Å². The molecular formula is C32H45NO4. The van der Waals surface area contributed by atoms with Crippen LogP contribution in [0.1, 0.15) is 64.4 Å². The van der Waals surface area contributed by atoms with Gasteiger partial charge in [-0.25, -0.2) is 0 Å². The number of ether oxygens (including phenoxy) is 2. The lowest BCUT2D eigenvalue weighted by atomic mass is 9.48. The van der Waals surface area contributed by atoms with Crippen LogP contribution in [0.25, 0.3) is 6.08 Å². The van der Waals surface area contributed by atoms with Crippen molar-refractivity contribution in [2.24, 2.45) is 28.6 Å². The van der Waals surface area contributed by atoms with Gasteiger partial charge in [-0.1, -0.05) is 43.7 Å². The van der Waals surface area contributed by atoms with Gasteiger partial charge in [0.25, 0.3) is 0 Å². The molecule has 0 amide bonds. The molecule has 202 valence electrons. The van der Waals surface area contributed by atoms with Crippen LogP contribution in [0.4, 0.5) is 0 Å². The van der Waals surface area contributed by atoms with Gasteiger partial charge in [-0.3, -0.25) is 4.90 Å². The Bertz CT molecular complexity index is 1040. The molecule has 5 heteroatoms. The molecule has 7 atom stereocenters. The number of morpholine rings is 1. The Morgan fingerprint density at radius 3 is 2.76 bits per heavy atom. The van der Waals surface area contributed by atoms with E-state index < -0.39 is 0 Å². The fourth-order valence-corrected chi connectivity index (χ4v) is 8.67. The average Bonchev–Trinajstić information content (AvgIpc) is 3.15. The molecule has 37 heavy (non-hydrogen) atoms. The minimum absolute atomic E-state index is 0.0465. The Kier molecular flexibility index (Phi) is 7.02. The molecule has 4 fully saturated rings. The third kappa shape index (κ3) is 4.71. The van der Waals surface area contributed by atoms with E-state index in [1.807, 2.05) is 6.07 Å². The molecule has 0 unspecified atom stereocenters. The number of fused-ring (bicyclic) bond motifs is 5. The van der Waals surface area contributed by atoms with Gasteiger partial charge in [0, 0.05) is 25.0 Å². The highest BCUT2D eigenvalue weighted by atomic mass is 16.5. The van der Waals surface area contributed by atoms with Gasteiger partial charge < -0.3 is 19.7 Å². The molecule has 1 saturated heterocycles. The predicted molar refractivity (Wildman–Crippen MR) is 146 cm³/mol. The normalized spacial score (nSPS) is 41.0. The van der Waals surface area contributed by atoms with Crippen molar-refractivity contribution in [2.45, 2.75) is 71.0 Å². The first kappa shape index (κ1) is 25.6. The van der Waals surface area contributed by atoms with Crippen LogP contribution in [0.2, 0.25) is 0 Å². The molecular weight excluding hydrogens is 462 g/mol. The maximum absolute atomic E-state index is 11.6. The fraction of sp³-hybridized carbons (Fsp3) is 0.688. The van der Waals surface area contributed by atoms with Crippen molar-refractivity contribution >= 4 is 6.08 Å². The Morgan fingerprint density at radius 1 is 1.08 bits per heavy atom. The zero-order valence-electron chi connectivity index (χ0n) is 22.7. The van der Waals surface area contributed by atoms with Gasteiger partial charge in [0.05, 0.1) is 25.4 Å². The molecule has 0 bridgehead atoms. The summed E-state index contributed by atoms with van der Waals surface area (Å²) >= 11 is 0. The zero-order chi connectivity index (χ0) is 25.6. The Morgan fingerprint density at radius 2 is 1.92 bits per heavy atom. The summed E-state index contributed by atoms with van der Waals surface area (Å²) in [6.07, 6.45) is 11.4. The number of benzene rings is 1. The molecule has 2 N–H and O–H groups in total. The summed E-state index contributed by atoms with van der Waals surface area (Å²) in [5, 5.41) is 21.9. The van der Waals surface area contributed by atoms with Crippen LogP contribution in [0.15, 0.2) is 41.5 Å². The summed E-state index contributed by atoms with van der Waals surface area (Å²) in [5.74, 6) is 2.71. The SMILES string of the molecule is C[C@]12CC[C@H]3[C@@H](CC=C4C[C@@H](O)CC[C@@]43C)[C@@H]1C/C(=C\c1cccc(OCCN3CCOCC3)c1)[C@@H]2O. The van der Waals surface area contributed by atoms with Crippen LogP contribution in [-0.2, 0) is 4.74 Å². The van der Waals surface area contributed by atoms with E-state index in [1.165, 1.54) is 17.6 Å². The van der Waals surface area contributed by atoms with Crippen molar-refractivity contribution in [2.75, 3.05) is 39.5 Å². The lowest BCUT2D eigenvalue weighted by molar-refractivity contribution is -0.0685. The maximum atomic E-state index is 11.6. The monoisotopic (exact) mass is 507 g/mol. The first-order valence-electron chi connectivity index (χ1n) is 14.7. The van der Waals surface area contributed by atoms with Crippen LogP contribution in [0.5, 0.6) is 5.75 Å². The van der Waals surface area contributed by atoms with E-state index in [2.05, 4.69) is 49.1 Å². The number of rotatable bonds is 5. The Labute approximate surface area is 222 Å². The minimum atomic E-state index is -0.379. The van der Waals surface area contributed by atoms with Crippen molar-refractivity contribution in [3.63, 3.8) is 0 Å².